The van der Waals surface area contributed by atoms with Crippen molar-refractivity contribution in [2.45, 2.75) is 43.7 Å². The van der Waals surface area contributed by atoms with Gasteiger partial charge in [-0.25, -0.2) is 13.6 Å². The van der Waals surface area contributed by atoms with E-state index < -0.39 is 18.0 Å². The zero-order chi connectivity index (χ0) is 19.7. The van der Waals surface area contributed by atoms with Gasteiger partial charge in [-0.05, 0) is 60.6 Å². The number of benzene rings is 2. The first-order chi connectivity index (χ1) is 13.5. The third-order valence-corrected chi connectivity index (χ3v) is 5.65. The van der Waals surface area contributed by atoms with Gasteiger partial charge in [-0.3, -0.25) is 0 Å². The van der Waals surface area contributed by atoms with Gasteiger partial charge in [0.15, 0.2) is 11.9 Å². The van der Waals surface area contributed by atoms with Gasteiger partial charge in [-0.2, -0.15) is 0 Å². The van der Waals surface area contributed by atoms with E-state index in [0.717, 1.165) is 17.5 Å². The molecule has 0 N–H and O–H groups in total. The summed E-state index contributed by atoms with van der Waals surface area (Å²) in [6.07, 6.45) is 1.61. The molecule has 1 heterocycles. The first-order valence-corrected chi connectivity index (χ1v) is 9.42. The summed E-state index contributed by atoms with van der Waals surface area (Å²) in [4.78, 5) is 12.3. The van der Waals surface area contributed by atoms with Gasteiger partial charge in [0.1, 0.15) is 17.7 Å². The Morgan fingerprint density at radius 1 is 1.07 bits per heavy atom. The molecule has 6 heteroatoms. The summed E-state index contributed by atoms with van der Waals surface area (Å²) >= 11 is 0. The van der Waals surface area contributed by atoms with Crippen LogP contribution in [0.2, 0.25) is 0 Å². The molecule has 0 amide bonds. The molecule has 0 spiro atoms. The summed E-state index contributed by atoms with van der Waals surface area (Å²) in [7, 11) is 1.36. The molecule has 2 aliphatic rings. The molecule has 0 radical (unpaired) electrons. The summed E-state index contributed by atoms with van der Waals surface area (Å²) in [5, 5.41) is 0. The van der Waals surface area contributed by atoms with E-state index >= 15 is 0 Å². The van der Waals surface area contributed by atoms with Gasteiger partial charge in [-0.1, -0.05) is 24.3 Å². The van der Waals surface area contributed by atoms with E-state index in [1.54, 1.807) is 24.3 Å². The van der Waals surface area contributed by atoms with Crippen LogP contribution >= 0.6 is 0 Å². The Bertz CT molecular complexity index is 791. The highest BCUT2D eigenvalue weighted by Crippen LogP contribution is 2.47. The van der Waals surface area contributed by atoms with Crippen molar-refractivity contribution in [1.82, 2.24) is 0 Å². The van der Waals surface area contributed by atoms with Crippen molar-refractivity contribution < 1.29 is 27.8 Å². The monoisotopic (exact) mass is 388 g/mol. The largest absolute Gasteiger partial charge is 0.467 e. The lowest BCUT2D eigenvalue weighted by Gasteiger charge is -2.37. The molecule has 2 aromatic rings. The van der Waals surface area contributed by atoms with Gasteiger partial charge in [0.25, 0.3) is 0 Å². The molecule has 2 bridgehead atoms. The van der Waals surface area contributed by atoms with Crippen LogP contribution in [0.3, 0.4) is 0 Å². The number of carbonyl (C=O) groups is 1. The Morgan fingerprint density at radius 2 is 1.64 bits per heavy atom. The van der Waals surface area contributed by atoms with Crippen molar-refractivity contribution in [2.75, 3.05) is 7.11 Å². The molecule has 3 atom stereocenters. The van der Waals surface area contributed by atoms with Crippen LogP contribution in [-0.2, 0) is 19.0 Å². The van der Waals surface area contributed by atoms with Crippen LogP contribution in [0.1, 0.15) is 42.9 Å². The third-order valence-electron chi connectivity index (χ3n) is 5.65. The van der Waals surface area contributed by atoms with E-state index in [4.69, 9.17) is 14.2 Å². The van der Waals surface area contributed by atoms with Crippen LogP contribution in [0.4, 0.5) is 8.78 Å². The average Bonchev–Trinajstić information content (AvgIpc) is 3.02. The van der Waals surface area contributed by atoms with Gasteiger partial charge in [-0.15, -0.1) is 0 Å². The van der Waals surface area contributed by atoms with Crippen molar-refractivity contribution in [3.05, 3.63) is 71.3 Å². The maximum atomic E-state index is 13.4. The number of hydrogen-bond acceptors (Lipinski definition) is 4. The van der Waals surface area contributed by atoms with Crippen LogP contribution < -0.4 is 0 Å². The first-order valence-electron chi connectivity index (χ1n) is 9.42. The number of halogens is 2. The number of esters is 1. The molecule has 28 heavy (non-hydrogen) atoms. The van der Waals surface area contributed by atoms with E-state index in [2.05, 4.69) is 0 Å². The Hall–Kier alpha value is -2.31. The lowest BCUT2D eigenvalue weighted by Crippen LogP contribution is -2.47. The van der Waals surface area contributed by atoms with Gasteiger partial charge < -0.3 is 14.2 Å². The second kappa shape index (κ2) is 7.60. The molecule has 4 rings (SSSR count). The van der Waals surface area contributed by atoms with Crippen LogP contribution in [-0.4, -0.2) is 25.0 Å². The standard InChI is InChI=1S/C22H22F2O4/c1-26-21(25)22-11-10-14(13-22)12-19(28-22)27-20(15-2-6-17(23)7-3-15)16-4-8-18(24)9-5-16/h2-9,14,19-20H,10-13H2,1H3/t14?,19-,22?/m0/s1. The highest BCUT2D eigenvalue weighted by Gasteiger charge is 2.53. The van der Waals surface area contributed by atoms with Crippen molar-refractivity contribution in [3.8, 4) is 0 Å². The fraction of sp³-hybridized carbons (Fsp3) is 0.409. The second-order valence-corrected chi connectivity index (χ2v) is 7.50. The summed E-state index contributed by atoms with van der Waals surface area (Å²) in [6.45, 7) is 0. The summed E-state index contributed by atoms with van der Waals surface area (Å²) in [5.41, 5.74) is 0.488. The maximum absolute atomic E-state index is 13.4. The molecule has 4 nitrogen and oxygen atoms in total. The molecule has 0 aromatic heterocycles. The molecule has 2 fully saturated rings. The van der Waals surface area contributed by atoms with Crippen molar-refractivity contribution in [1.29, 1.82) is 0 Å². The second-order valence-electron chi connectivity index (χ2n) is 7.50. The van der Waals surface area contributed by atoms with Crippen LogP contribution in [0.15, 0.2) is 48.5 Å². The SMILES string of the molecule is COC(=O)C12CCC(C[C@@H](OC(c3ccc(F)cc3)c3ccc(F)cc3)O1)C2. The molecule has 1 saturated heterocycles. The van der Waals surface area contributed by atoms with Crippen LogP contribution in [0.25, 0.3) is 0 Å². The highest BCUT2D eigenvalue weighted by atomic mass is 19.1. The predicted octanol–water partition coefficient (Wildman–Crippen LogP) is 4.53. The smallest absolute Gasteiger partial charge is 0.338 e. The number of ether oxygens (including phenoxy) is 3. The fourth-order valence-corrected chi connectivity index (χ4v) is 4.27. The zero-order valence-electron chi connectivity index (χ0n) is 15.6. The van der Waals surface area contributed by atoms with Crippen molar-refractivity contribution in [3.63, 3.8) is 0 Å². The van der Waals surface area contributed by atoms with Crippen LogP contribution in [0.5, 0.6) is 0 Å². The van der Waals surface area contributed by atoms with E-state index in [0.29, 0.717) is 25.2 Å². The topological polar surface area (TPSA) is 44.8 Å². The maximum Gasteiger partial charge on any atom is 0.338 e. The number of carbonyl (C=O) groups excluding carboxylic acids is 1. The lowest BCUT2D eigenvalue weighted by molar-refractivity contribution is -0.248. The number of methoxy groups -OCH3 is 1. The predicted molar refractivity (Wildman–Crippen MR) is 97.3 cm³/mol. The van der Waals surface area contributed by atoms with Gasteiger partial charge >= 0.3 is 5.97 Å². The van der Waals surface area contributed by atoms with Crippen molar-refractivity contribution >= 4 is 5.97 Å². The number of fused-ring (bicyclic) bond motifs is 2. The lowest BCUT2D eigenvalue weighted by atomic mass is 9.94. The molecule has 1 saturated carbocycles. The van der Waals surface area contributed by atoms with Gasteiger partial charge in [0.05, 0.1) is 7.11 Å². The minimum Gasteiger partial charge on any atom is -0.467 e. The Labute approximate surface area is 162 Å². The van der Waals surface area contributed by atoms with E-state index in [-0.39, 0.29) is 17.6 Å². The molecule has 2 aromatic carbocycles. The van der Waals surface area contributed by atoms with E-state index in [9.17, 15) is 13.6 Å². The minimum absolute atomic E-state index is 0.319. The Kier molecular flexibility index (Phi) is 5.17. The fourth-order valence-electron chi connectivity index (χ4n) is 4.27. The molecular weight excluding hydrogens is 366 g/mol. The summed E-state index contributed by atoms with van der Waals surface area (Å²) in [5.74, 6) is -0.750. The normalized spacial score (nSPS) is 26.4. The molecule has 1 aliphatic heterocycles. The molecule has 148 valence electrons. The number of rotatable bonds is 5. The number of hydrogen-bond donors (Lipinski definition) is 0. The Balaban J connectivity index is 1.61. The quantitative estimate of drug-likeness (QED) is 0.706. The first kappa shape index (κ1) is 19.0. The molecule has 2 unspecified atom stereocenters. The van der Waals surface area contributed by atoms with Crippen LogP contribution in [0, 0.1) is 17.6 Å². The zero-order valence-corrected chi connectivity index (χ0v) is 15.6. The van der Waals surface area contributed by atoms with Gasteiger partial charge in [0, 0.05) is 6.42 Å². The summed E-state index contributed by atoms with van der Waals surface area (Å²) in [6, 6.07) is 12.0. The highest BCUT2D eigenvalue weighted by molar-refractivity contribution is 5.80. The molecule has 1 aliphatic carbocycles. The third kappa shape index (κ3) is 3.66. The van der Waals surface area contributed by atoms with E-state index in [1.165, 1.54) is 31.4 Å². The van der Waals surface area contributed by atoms with Gasteiger partial charge in [0.2, 0.25) is 0 Å². The van der Waals surface area contributed by atoms with E-state index in [1.807, 2.05) is 0 Å². The van der Waals surface area contributed by atoms with Crippen molar-refractivity contribution in [2.24, 2.45) is 5.92 Å². The Morgan fingerprint density at radius 3 is 2.18 bits per heavy atom. The summed E-state index contributed by atoms with van der Waals surface area (Å²) < 4.78 is 44.1. The molecular formula is C22H22F2O4. The minimum atomic E-state index is -0.960. The average molecular weight is 388 g/mol.